The van der Waals surface area contributed by atoms with E-state index in [0.29, 0.717) is 11.6 Å². The van der Waals surface area contributed by atoms with Crippen LogP contribution in [-0.4, -0.2) is 41.0 Å². The molecule has 212 valence electrons. The molecule has 0 spiro atoms. The first-order valence-corrected chi connectivity index (χ1v) is 14.6. The average molecular weight is 577 g/mol. The first kappa shape index (κ1) is 28.7. The van der Waals surface area contributed by atoms with Crippen LogP contribution >= 0.6 is 11.3 Å². The van der Waals surface area contributed by atoms with Gasteiger partial charge in [0.05, 0.1) is 18.0 Å². The highest BCUT2D eigenvalue weighted by atomic mass is 32.1. The van der Waals surface area contributed by atoms with E-state index >= 15 is 0 Å². The zero-order valence-corrected chi connectivity index (χ0v) is 24.4. The van der Waals surface area contributed by atoms with Crippen LogP contribution in [0, 0.1) is 5.92 Å². The molecule has 0 aliphatic carbocycles. The number of anilines is 2. The van der Waals surface area contributed by atoms with Crippen molar-refractivity contribution in [1.82, 2.24) is 9.97 Å². The number of carbonyl (C=O) groups is 2. The summed E-state index contributed by atoms with van der Waals surface area (Å²) in [5.74, 6) is -1.09. The Kier molecular flexibility index (Phi) is 9.04. The number of thiazole rings is 1. The Morgan fingerprint density at radius 2 is 1.48 bits per heavy atom. The summed E-state index contributed by atoms with van der Waals surface area (Å²) in [7, 11) is 3.68. The van der Waals surface area contributed by atoms with E-state index < -0.39 is 11.9 Å². The maximum Gasteiger partial charge on any atom is 0.304 e. The van der Waals surface area contributed by atoms with Gasteiger partial charge >= 0.3 is 5.97 Å². The summed E-state index contributed by atoms with van der Waals surface area (Å²) in [6.07, 6.45) is 1.97. The molecular formula is C34H32N4O3S. The monoisotopic (exact) mass is 576 g/mol. The van der Waals surface area contributed by atoms with Crippen LogP contribution in [0.4, 0.5) is 10.9 Å². The van der Waals surface area contributed by atoms with Crippen molar-refractivity contribution in [2.24, 2.45) is 5.92 Å². The van der Waals surface area contributed by atoms with Gasteiger partial charge in [0, 0.05) is 43.3 Å². The smallest absolute Gasteiger partial charge is 0.304 e. The first-order chi connectivity index (χ1) is 20.4. The number of hydrogen-bond donors (Lipinski definition) is 1. The number of amides is 1. The number of pyridine rings is 1. The Balaban J connectivity index is 1.34. The minimum absolute atomic E-state index is 0.247. The van der Waals surface area contributed by atoms with Gasteiger partial charge in [-0.3, -0.25) is 14.5 Å². The van der Waals surface area contributed by atoms with E-state index in [1.807, 2.05) is 97.5 Å². The predicted octanol–water partition coefficient (Wildman–Crippen LogP) is 6.80. The van der Waals surface area contributed by atoms with E-state index in [-0.39, 0.29) is 12.3 Å². The molecule has 0 radical (unpaired) electrons. The molecule has 42 heavy (non-hydrogen) atoms. The van der Waals surface area contributed by atoms with Crippen LogP contribution in [0.3, 0.4) is 0 Å². The number of benzene rings is 3. The lowest BCUT2D eigenvalue weighted by atomic mass is 9.95. The molecule has 0 fully saturated rings. The highest BCUT2D eigenvalue weighted by Crippen LogP contribution is 2.35. The van der Waals surface area contributed by atoms with E-state index in [1.54, 1.807) is 7.05 Å². The molecule has 0 aliphatic rings. The highest BCUT2D eigenvalue weighted by Gasteiger charge is 2.27. The second-order valence-corrected chi connectivity index (χ2v) is 11.0. The molecule has 8 heteroatoms. The van der Waals surface area contributed by atoms with E-state index in [2.05, 4.69) is 23.1 Å². The SMILES string of the molecule is CN(Cc1ccccc1)c1ccc(-c2ccccc2-c2csc(N(C)C(=O)C(CC(=O)O)Cc3ccccc3)n2)cn1. The third kappa shape index (κ3) is 6.90. The fourth-order valence-corrected chi connectivity index (χ4v) is 5.73. The summed E-state index contributed by atoms with van der Waals surface area (Å²) in [6, 6.07) is 31.8. The number of carbonyl (C=O) groups excluding carboxylic acids is 1. The zero-order chi connectivity index (χ0) is 29.5. The molecule has 0 saturated heterocycles. The molecule has 0 aliphatic heterocycles. The second-order valence-electron chi connectivity index (χ2n) is 10.2. The van der Waals surface area contributed by atoms with Crippen molar-refractivity contribution in [2.45, 2.75) is 19.4 Å². The number of aliphatic carboxylic acids is 1. The summed E-state index contributed by atoms with van der Waals surface area (Å²) in [4.78, 5) is 38.1. The molecule has 7 nitrogen and oxygen atoms in total. The molecule has 1 unspecified atom stereocenters. The first-order valence-electron chi connectivity index (χ1n) is 13.7. The van der Waals surface area contributed by atoms with Gasteiger partial charge in [0.2, 0.25) is 5.91 Å². The molecular weight excluding hydrogens is 544 g/mol. The minimum Gasteiger partial charge on any atom is -0.481 e. The lowest BCUT2D eigenvalue weighted by Gasteiger charge is -2.21. The van der Waals surface area contributed by atoms with Gasteiger partial charge in [-0.1, -0.05) is 84.9 Å². The summed E-state index contributed by atoms with van der Waals surface area (Å²) < 4.78 is 0. The van der Waals surface area contributed by atoms with Crippen molar-refractivity contribution < 1.29 is 14.7 Å². The topological polar surface area (TPSA) is 86.6 Å². The van der Waals surface area contributed by atoms with Crippen molar-refractivity contribution in [3.8, 4) is 22.4 Å². The van der Waals surface area contributed by atoms with Crippen LogP contribution in [0.25, 0.3) is 22.4 Å². The van der Waals surface area contributed by atoms with Gasteiger partial charge in [-0.15, -0.1) is 11.3 Å². The molecule has 2 heterocycles. The third-order valence-electron chi connectivity index (χ3n) is 7.12. The Labute approximate surface area is 249 Å². The average Bonchev–Trinajstić information content (AvgIpc) is 3.51. The van der Waals surface area contributed by atoms with Crippen molar-refractivity contribution in [3.05, 3.63) is 120 Å². The van der Waals surface area contributed by atoms with Gasteiger partial charge < -0.3 is 10.0 Å². The zero-order valence-electron chi connectivity index (χ0n) is 23.6. The van der Waals surface area contributed by atoms with Gasteiger partial charge in [0.1, 0.15) is 5.82 Å². The Morgan fingerprint density at radius 3 is 2.12 bits per heavy atom. The fraction of sp³-hybridized carbons (Fsp3) is 0.176. The van der Waals surface area contributed by atoms with Crippen LogP contribution < -0.4 is 9.80 Å². The van der Waals surface area contributed by atoms with E-state index in [0.717, 1.165) is 40.3 Å². The van der Waals surface area contributed by atoms with E-state index in [1.165, 1.54) is 21.8 Å². The molecule has 5 aromatic rings. The minimum atomic E-state index is -1.00. The van der Waals surface area contributed by atoms with Gasteiger partial charge in [-0.2, -0.15) is 0 Å². The Hall–Kier alpha value is -4.82. The maximum absolute atomic E-state index is 13.4. The van der Waals surface area contributed by atoms with Crippen LogP contribution in [0.1, 0.15) is 17.5 Å². The number of carboxylic acid groups (broad SMARTS) is 1. The maximum atomic E-state index is 13.4. The van der Waals surface area contributed by atoms with Gasteiger partial charge in [-0.05, 0) is 35.2 Å². The number of nitrogens with zero attached hydrogens (tertiary/aromatic N) is 4. The van der Waals surface area contributed by atoms with Crippen LogP contribution in [0.5, 0.6) is 0 Å². The molecule has 1 amide bonds. The van der Waals surface area contributed by atoms with Crippen molar-refractivity contribution in [1.29, 1.82) is 0 Å². The summed E-state index contributed by atoms with van der Waals surface area (Å²) >= 11 is 1.36. The Bertz CT molecular complexity index is 1640. The molecule has 3 aromatic carbocycles. The highest BCUT2D eigenvalue weighted by molar-refractivity contribution is 7.14. The van der Waals surface area contributed by atoms with Crippen molar-refractivity contribution in [2.75, 3.05) is 23.9 Å². The van der Waals surface area contributed by atoms with Crippen molar-refractivity contribution >= 4 is 34.2 Å². The molecule has 1 atom stereocenters. The predicted molar refractivity (Wildman–Crippen MR) is 169 cm³/mol. The lowest BCUT2D eigenvalue weighted by Crippen LogP contribution is -2.35. The lowest BCUT2D eigenvalue weighted by molar-refractivity contribution is -0.140. The van der Waals surface area contributed by atoms with Crippen LogP contribution in [-0.2, 0) is 22.6 Å². The third-order valence-corrected chi connectivity index (χ3v) is 8.04. The Morgan fingerprint density at radius 1 is 0.833 bits per heavy atom. The summed E-state index contributed by atoms with van der Waals surface area (Å²) in [5, 5.41) is 11.9. The normalized spacial score (nSPS) is 11.6. The van der Waals surface area contributed by atoms with Crippen LogP contribution in [0.15, 0.2) is 109 Å². The molecule has 5 rings (SSSR count). The molecule has 0 bridgehead atoms. The molecule has 1 N–H and O–H groups in total. The van der Waals surface area contributed by atoms with E-state index in [9.17, 15) is 14.7 Å². The largest absolute Gasteiger partial charge is 0.481 e. The fourth-order valence-electron chi connectivity index (χ4n) is 4.93. The quantitative estimate of drug-likeness (QED) is 0.186. The number of aromatic nitrogens is 2. The van der Waals surface area contributed by atoms with Gasteiger partial charge in [0.15, 0.2) is 5.13 Å². The molecule has 2 aromatic heterocycles. The summed E-state index contributed by atoms with van der Waals surface area (Å²) in [5.41, 5.74) is 5.76. The van der Waals surface area contributed by atoms with Crippen molar-refractivity contribution in [3.63, 3.8) is 0 Å². The molecule has 0 saturated carbocycles. The van der Waals surface area contributed by atoms with Gasteiger partial charge in [0.25, 0.3) is 0 Å². The van der Waals surface area contributed by atoms with E-state index in [4.69, 9.17) is 9.97 Å². The number of hydrogen-bond acceptors (Lipinski definition) is 6. The second kappa shape index (κ2) is 13.2. The summed E-state index contributed by atoms with van der Waals surface area (Å²) in [6.45, 7) is 0.760. The number of carboxylic acids is 1. The number of rotatable bonds is 11. The van der Waals surface area contributed by atoms with Crippen LogP contribution in [0.2, 0.25) is 0 Å². The van der Waals surface area contributed by atoms with Gasteiger partial charge in [-0.25, -0.2) is 9.97 Å². The standard InChI is InChI=1S/C34H32N4O3S/c1-37(22-25-13-7-4-8-14-25)31-18-17-26(21-35-31)28-15-9-10-16-29(28)30-23-42-34(36-30)38(2)33(41)27(20-32(39)40)19-24-11-5-3-6-12-24/h3-18,21,23,27H,19-20,22H2,1-2H3,(H,39,40).